The first-order valence-electron chi connectivity index (χ1n) is 5.54. The minimum Gasteiger partial charge on any atom is -0.462 e. The fourth-order valence-electron chi connectivity index (χ4n) is 0.982. The number of hydrogen-bond acceptors (Lipinski definition) is 7. The van der Waals surface area contributed by atoms with Crippen molar-refractivity contribution in [1.29, 1.82) is 0 Å². The maximum atomic E-state index is 11.5. The minimum atomic E-state index is -2.87. The molecule has 0 aromatic carbocycles. The summed E-state index contributed by atoms with van der Waals surface area (Å²) in [5.74, 6) is -1.92. The maximum absolute atomic E-state index is 11.5. The Bertz CT molecular complexity index is 365. The topological polar surface area (TPSA) is 119 Å². The van der Waals surface area contributed by atoms with Crippen molar-refractivity contribution in [2.45, 2.75) is 19.4 Å². The van der Waals surface area contributed by atoms with Crippen molar-refractivity contribution in [3.63, 3.8) is 0 Å². The molecule has 1 N–H and O–H groups in total. The van der Waals surface area contributed by atoms with Crippen molar-refractivity contribution < 1.29 is 37.8 Å². The smallest absolute Gasteiger partial charge is 0.462 e. The highest BCUT2D eigenvalue weighted by molar-refractivity contribution is 7.32. The molecule has 0 aromatic heterocycles. The van der Waals surface area contributed by atoms with Gasteiger partial charge in [-0.25, -0.2) is 0 Å². The summed E-state index contributed by atoms with van der Waals surface area (Å²) in [5, 5.41) is 0. The molecule has 20 heavy (non-hydrogen) atoms. The van der Waals surface area contributed by atoms with Gasteiger partial charge in [-0.15, -0.1) is 9.42 Å². The molecule has 0 aromatic rings. The van der Waals surface area contributed by atoms with Crippen LogP contribution in [0.15, 0.2) is 0 Å². The van der Waals surface area contributed by atoms with E-state index in [1.165, 1.54) is 19.0 Å². The van der Waals surface area contributed by atoms with Crippen LogP contribution in [0.25, 0.3) is 0 Å². The van der Waals surface area contributed by atoms with E-state index in [0.29, 0.717) is 0 Å². The van der Waals surface area contributed by atoms with Crippen molar-refractivity contribution >= 4 is 26.1 Å². The average molecular weight is 310 g/mol. The predicted octanol–water partition coefficient (Wildman–Crippen LogP) is -0.394. The summed E-state index contributed by atoms with van der Waals surface area (Å²) < 4.78 is 24.3. The molecular formula is C10H17NO8P+. The van der Waals surface area contributed by atoms with Crippen LogP contribution >= 0.6 is 8.25 Å². The van der Waals surface area contributed by atoms with Crippen LogP contribution in [0.4, 0.5) is 0 Å². The van der Waals surface area contributed by atoms with Crippen LogP contribution in [0, 0.1) is 0 Å². The van der Waals surface area contributed by atoms with Crippen LogP contribution in [0.1, 0.15) is 13.3 Å². The van der Waals surface area contributed by atoms with Gasteiger partial charge in [-0.05, 0) is 0 Å². The highest BCUT2D eigenvalue weighted by Gasteiger charge is 2.24. The molecule has 114 valence electrons. The molecule has 1 amide bonds. The van der Waals surface area contributed by atoms with E-state index in [4.69, 9.17) is 9.63 Å². The number of esters is 2. The van der Waals surface area contributed by atoms with Gasteiger partial charge in [-0.3, -0.25) is 14.4 Å². The van der Waals surface area contributed by atoms with E-state index >= 15 is 0 Å². The Kier molecular flexibility index (Phi) is 8.62. The van der Waals surface area contributed by atoms with Crippen molar-refractivity contribution in [3.05, 3.63) is 0 Å². The van der Waals surface area contributed by atoms with Gasteiger partial charge in [-0.2, -0.15) is 0 Å². The monoisotopic (exact) mass is 310 g/mol. The Hall–Kier alpha value is -1.57. The molecule has 0 aliphatic heterocycles. The molecule has 0 rings (SSSR count). The van der Waals surface area contributed by atoms with Gasteiger partial charge in [0.2, 0.25) is 5.91 Å². The highest BCUT2D eigenvalue weighted by Crippen LogP contribution is 2.15. The number of ether oxygens (including phenoxy) is 2. The van der Waals surface area contributed by atoms with Gasteiger partial charge in [0.1, 0.15) is 19.6 Å². The van der Waals surface area contributed by atoms with E-state index in [1.807, 2.05) is 0 Å². The van der Waals surface area contributed by atoms with E-state index in [9.17, 15) is 18.9 Å². The largest absolute Gasteiger partial charge is 0.694 e. The predicted molar refractivity (Wildman–Crippen MR) is 65.6 cm³/mol. The van der Waals surface area contributed by atoms with Crippen molar-refractivity contribution in [2.75, 3.05) is 27.3 Å². The zero-order chi connectivity index (χ0) is 15.7. The fourth-order valence-corrected chi connectivity index (χ4v) is 1.28. The number of nitrogens with zero attached hydrogens (tertiary/aromatic N) is 1. The lowest BCUT2D eigenvalue weighted by molar-refractivity contribution is -0.161. The molecule has 0 radical (unpaired) electrons. The summed E-state index contributed by atoms with van der Waals surface area (Å²) in [6.07, 6.45) is -1.55. The number of hydrogen-bond donors (Lipinski definition) is 1. The molecule has 10 heteroatoms. The van der Waals surface area contributed by atoms with Gasteiger partial charge in [0.15, 0.2) is 6.10 Å². The number of carbonyl (C=O) groups excluding carboxylic acids is 3. The molecule has 2 unspecified atom stereocenters. The van der Waals surface area contributed by atoms with Crippen LogP contribution in [-0.4, -0.2) is 61.1 Å². The third-order valence-corrected chi connectivity index (χ3v) is 2.31. The quantitative estimate of drug-likeness (QED) is 0.365. The Morgan fingerprint density at radius 2 is 1.85 bits per heavy atom. The van der Waals surface area contributed by atoms with Gasteiger partial charge in [0.25, 0.3) is 0 Å². The molecule has 9 nitrogen and oxygen atoms in total. The normalized spacial score (nSPS) is 12.3. The molecule has 0 fully saturated rings. The number of amides is 1. The first-order chi connectivity index (χ1) is 9.22. The summed E-state index contributed by atoms with van der Waals surface area (Å²) >= 11 is 0. The van der Waals surface area contributed by atoms with Crippen molar-refractivity contribution in [1.82, 2.24) is 4.90 Å². The van der Waals surface area contributed by atoms with Crippen LogP contribution in [0.3, 0.4) is 0 Å². The van der Waals surface area contributed by atoms with Crippen molar-refractivity contribution in [2.24, 2.45) is 0 Å². The fraction of sp³-hybridized carbons (Fsp3) is 0.700. The van der Waals surface area contributed by atoms with Gasteiger partial charge in [0, 0.05) is 25.6 Å². The molecule has 0 bridgehead atoms. The third kappa shape index (κ3) is 9.37. The minimum absolute atomic E-state index is 0.333. The van der Waals surface area contributed by atoms with Crippen LogP contribution in [0.5, 0.6) is 0 Å². The molecule has 0 saturated heterocycles. The summed E-state index contributed by atoms with van der Waals surface area (Å²) in [7, 11) is 0.0873. The first-order valence-corrected chi connectivity index (χ1v) is 6.67. The molecular weight excluding hydrogens is 293 g/mol. The highest BCUT2D eigenvalue weighted by atomic mass is 31.1. The summed E-state index contributed by atoms with van der Waals surface area (Å²) in [6, 6.07) is 0. The van der Waals surface area contributed by atoms with Crippen LogP contribution < -0.4 is 0 Å². The second kappa shape index (κ2) is 9.35. The van der Waals surface area contributed by atoms with E-state index in [1.54, 1.807) is 0 Å². The third-order valence-electron chi connectivity index (χ3n) is 1.94. The van der Waals surface area contributed by atoms with Gasteiger partial charge < -0.3 is 14.4 Å². The van der Waals surface area contributed by atoms with Gasteiger partial charge in [0.05, 0.1) is 0 Å². The lowest BCUT2D eigenvalue weighted by atomic mass is 10.3. The molecule has 0 aliphatic carbocycles. The SMILES string of the molecule is CC(=O)OCC(CO[P+](=O)O)OC(=O)CC(=O)N(C)C. The number of carbonyl (C=O) groups is 3. The summed E-state index contributed by atoms with van der Waals surface area (Å²) in [4.78, 5) is 43.1. The van der Waals surface area contributed by atoms with Crippen molar-refractivity contribution in [3.8, 4) is 0 Å². The summed E-state index contributed by atoms with van der Waals surface area (Å²) in [6.45, 7) is 0.392. The van der Waals surface area contributed by atoms with Gasteiger partial charge in [-0.1, -0.05) is 0 Å². The Balaban J connectivity index is 4.37. The maximum Gasteiger partial charge on any atom is 0.694 e. The lowest BCUT2D eigenvalue weighted by Gasteiger charge is -2.16. The second-order valence-electron chi connectivity index (χ2n) is 3.91. The molecule has 0 saturated carbocycles. The zero-order valence-corrected chi connectivity index (χ0v) is 12.3. The van der Waals surface area contributed by atoms with E-state index in [-0.39, 0.29) is 6.61 Å². The summed E-state index contributed by atoms with van der Waals surface area (Å²) in [5.41, 5.74) is 0. The zero-order valence-electron chi connectivity index (χ0n) is 11.4. The number of rotatable bonds is 8. The molecule has 0 spiro atoms. The molecule has 0 aliphatic rings. The lowest BCUT2D eigenvalue weighted by Crippen LogP contribution is -2.31. The van der Waals surface area contributed by atoms with E-state index in [0.717, 1.165) is 6.92 Å². The van der Waals surface area contributed by atoms with Gasteiger partial charge >= 0.3 is 20.2 Å². The van der Waals surface area contributed by atoms with E-state index in [2.05, 4.69) is 9.26 Å². The van der Waals surface area contributed by atoms with Crippen LogP contribution in [-0.2, 0) is 32.9 Å². The first kappa shape index (κ1) is 18.4. The Morgan fingerprint density at radius 3 is 2.30 bits per heavy atom. The molecule has 2 atom stereocenters. The Labute approximate surface area is 116 Å². The average Bonchev–Trinajstić information content (AvgIpc) is 2.31. The second-order valence-corrected chi connectivity index (χ2v) is 4.65. The molecule has 0 heterocycles. The Morgan fingerprint density at radius 1 is 1.25 bits per heavy atom. The van der Waals surface area contributed by atoms with E-state index < -0.39 is 45.2 Å². The van der Waals surface area contributed by atoms with Crippen LogP contribution in [0.2, 0.25) is 0 Å². The standard InChI is InChI=1S/C10H16NO8P/c1-7(12)17-5-8(6-18-20(15)16)19-10(14)4-9(13)11(2)3/h8H,4-6H2,1-3H3/p+1.